The number of pyridine rings is 2. The Morgan fingerprint density at radius 3 is 2.63 bits per heavy atom. The molecule has 0 unspecified atom stereocenters. The van der Waals surface area contributed by atoms with Crippen LogP contribution in [-0.2, 0) is 6.54 Å². The standard InChI is InChI=1S/C21H23ClN4O/c1-15-12-18(17-4-3-5-19(27-2)21(17)24-15)26-10-8-25(9-11-26)14-16-6-7-20(22)23-13-16/h3-7,12-13H,8-11,14H2,1-2H3. The van der Waals surface area contributed by atoms with Crippen molar-refractivity contribution in [3.63, 3.8) is 0 Å². The summed E-state index contributed by atoms with van der Waals surface area (Å²) in [5.41, 5.74) is 4.38. The number of rotatable bonds is 4. The molecule has 0 saturated carbocycles. The van der Waals surface area contributed by atoms with Crippen molar-refractivity contribution in [1.82, 2.24) is 14.9 Å². The van der Waals surface area contributed by atoms with E-state index >= 15 is 0 Å². The molecule has 5 nitrogen and oxygen atoms in total. The molecule has 1 aliphatic heterocycles. The van der Waals surface area contributed by atoms with Crippen LogP contribution in [0.5, 0.6) is 5.75 Å². The summed E-state index contributed by atoms with van der Waals surface area (Å²) in [6, 6.07) is 12.2. The number of aryl methyl sites for hydroxylation is 1. The number of anilines is 1. The van der Waals surface area contributed by atoms with E-state index in [1.165, 1.54) is 11.3 Å². The van der Waals surface area contributed by atoms with Crippen molar-refractivity contribution in [2.24, 2.45) is 0 Å². The Kier molecular flexibility index (Phi) is 5.14. The minimum Gasteiger partial charge on any atom is -0.494 e. The van der Waals surface area contributed by atoms with Gasteiger partial charge in [0.1, 0.15) is 16.4 Å². The maximum absolute atomic E-state index is 5.88. The molecule has 140 valence electrons. The Morgan fingerprint density at radius 1 is 1.11 bits per heavy atom. The molecule has 4 rings (SSSR count). The summed E-state index contributed by atoms with van der Waals surface area (Å²) in [4.78, 5) is 13.8. The van der Waals surface area contributed by atoms with Gasteiger partial charge in [0, 0.05) is 55.7 Å². The molecule has 1 fully saturated rings. The molecule has 2 aromatic heterocycles. The largest absolute Gasteiger partial charge is 0.494 e. The van der Waals surface area contributed by atoms with Gasteiger partial charge in [0.25, 0.3) is 0 Å². The first kappa shape index (κ1) is 18.0. The first-order valence-corrected chi connectivity index (χ1v) is 9.54. The monoisotopic (exact) mass is 382 g/mol. The van der Waals surface area contributed by atoms with Crippen molar-refractivity contribution in [3.8, 4) is 5.75 Å². The Balaban J connectivity index is 1.52. The van der Waals surface area contributed by atoms with E-state index in [2.05, 4.69) is 26.9 Å². The normalized spacial score (nSPS) is 15.3. The van der Waals surface area contributed by atoms with Crippen molar-refractivity contribution in [2.45, 2.75) is 13.5 Å². The minimum absolute atomic E-state index is 0.541. The second-order valence-corrected chi connectivity index (χ2v) is 7.28. The third-order valence-electron chi connectivity index (χ3n) is 5.04. The van der Waals surface area contributed by atoms with Gasteiger partial charge in [0.15, 0.2) is 0 Å². The lowest BCUT2D eigenvalue weighted by Gasteiger charge is -2.36. The van der Waals surface area contributed by atoms with Crippen LogP contribution in [0.25, 0.3) is 10.9 Å². The lowest BCUT2D eigenvalue weighted by Crippen LogP contribution is -2.46. The molecule has 3 heterocycles. The van der Waals surface area contributed by atoms with Crippen LogP contribution in [0.1, 0.15) is 11.3 Å². The minimum atomic E-state index is 0.541. The number of para-hydroxylation sites is 1. The summed E-state index contributed by atoms with van der Waals surface area (Å²) in [6.07, 6.45) is 1.86. The van der Waals surface area contributed by atoms with E-state index < -0.39 is 0 Å². The number of ether oxygens (including phenoxy) is 1. The third-order valence-corrected chi connectivity index (χ3v) is 5.26. The van der Waals surface area contributed by atoms with Crippen molar-refractivity contribution in [1.29, 1.82) is 0 Å². The van der Waals surface area contributed by atoms with Gasteiger partial charge in [-0.15, -0.1) is 0 Å². The van der Waals surface area contributed by atoms with Crippen LogP contribution in [0.2, 0.25) is 5.15 Å². The molecule has 27 heavy (non-hydrogen) atoms. The van der Waals surface area contributed by atoms with Gasteiger partial charge >= 0.3 is 0 Å². The van der Waals surface area contributed by atoms with Gasteiger partial charge in [0.05, 0.1) is 7.11 Å². The van der Waals surface area contributed by atoms with E-state index in [-0.39, 0.29) is 0 Å². The van der Waals surface area contributed by atoms with E-state index in [1.54, 1.807) is 7.11 Å². The van der Waals surface area contributed by atoms with Gasteiger partial charge in [-0.2, -0.15) is 0 Å². The van der Waals surface area contributed by atoms with E-state index in [0.29, 0.717) is 5.15 Å². The van der Waals surface area contributed by atoms with Gasteiger partial charge in [-0.1, -0.05) is 29.8 Å². The number of halogens is 1. The predicted molar refractivity (Wildman–Crippen MR) is 110 cm³/mol. The average molecular weight is 383 g/mol. The topological polar surface area (TPSA) is 41.5 Å². The fraction of sp³-hybridized carbons (Fsp3) is 0.333. The van der Waals surface area contributed by atoms with Crippen LogP contribution < -0.4 is 9.64 Å². The highest BCUT2D eigenvalue weighted by Gasteiger charge is 2.20. The molecule has 0 amide bonds. The highest BCUT2D eigenvalue weighted by atomic mass is 35.5. The summed E-state index contributed by atoms with van der Waals surface area (Å²) in [5.74, 6) is 0.825. The molecule has 0 atom stereocenters. The number of nitrogens with zero attached hydrogens (tertiary/aromatic N) is 4. The second kappa shape index (κ2) is 7.71. The Morgan fingerprint density at radius 2 is 1.93 bits per heavy atom. The number of hydrogen-bond donors (Lipinski definition) is 0. The molecule has 0 bridgehead atoms. The molecule has 3 aromatic rings. The lowest BCUT2D eigenvalue weighted by atomic mass is 10.1. The second-order valence-electron chi connectivity index (χ2n) is 6.89. The average Bonchev–Trinajstić information content (AvgIpc) is 2.69. The zero-order valence-corrected chi connectivity index (χ0v) is 16.4. The van der Waals surface area contributed by atoms with Crippen LogP contribution in [0.4, 0.5) is 5.69 Å². The zero-order valence-electron chi connectivity index (χ0n) is 15.7. The molecule has 0 aliphatic carbocycles. The van der Waals surface area contributed by atoms with Crippen LogP contribution in [0.15, 0.2) is 42.6 Å². The fourth-order valence-corrected chi connectivity index (χ4v) is 3.77. The van der Waals surface area contributed by atoms with E-state index in [4.69, 9.17) is 21.3 Å². The van der Waals surface area contributed by atoms with Crippen LogP contribution in [0, 0.1) is 6.92 Å². The first-order chi connectivity index (χ1) is 13.1. The molecule has 1 aliphatic rings. The summed E-state index contributed by atoms with van der Waals surface area (Å²) >= 11 is 5.88. The van der Waals surface area contributed by atoms with Crippen molar-refractivity contribution in [2.75, 3.05) is 38.2 Å². The Labute approximate surface area is 164 Å². The van der Waals surface area contributed by atoms with Crippen molar-refractivity contribution < 1.29 is 4.74 Å². The number of hydrogen-bond acceptors (Lipinski definition) is 5. The highest BCUT2D eigenvalue weighted by Crippen LogP contribution is 2.32. The highest BCUT2D eigenvalue weighted by molar-refractivity contribution is 6.29. The van der Waals surface area contributed by atoms with Crippen LogP contribution >= 0.6 is 11.6 Å². The molecule has 0 spiro atoms. The lowest BCUT2D eigenvalue weighted by molar-refractivity contribution is 0.250. The first-order valence-electron chi connectivity index (χ1n) is 9.16. The molecule has 1 saturated heterocycles. The summed E-state index contributed by atoms with van der Waals surface area (Å²) in [6.45, 7) is 6.93. The van der Waals surface area contributed by atoms with Crippen molar-refractivity contribution in [3.05, 3.63) is 59.0 Å². The van der Waals surface area contributed by atoms with Gasteiger partial charge in [0.2, 0.25) is 0 Å². The van der Waals surface area contributed by atoms with E-state index in [1.807, 2.05) is 37.4 Å². The molecule has 0 radical (unpaired) electrons. The summed E-state index contributed by atoms with van der Waals surface area (Å²) in [7, 11) is 1.70. The van der Waals surface area contributed by atoms with Crippen LogP contribution in [0.3, 0.4) is 0 Å². The quantitative estimate of drug-likeness (QED) is 0.640. The Bertz CT molecular complexity index is 937. The Hall–Kier alpha value is -2.37. The predicted octanol–water partition coefficient (Wildman–Crippen LogP) is 3.92. The van der Waals surface area contributed by atoms with Gasteiger partial charge in [-0.25, -0.2) is 9.97 Å². The molecular formula is C21H23ClN4O. The van der Waals surface area contributed by atoms with E-state index in [0.717, 1.165) is 55.1 Å². The summed E-state index contributed by atoms with van der Waals surface area (Å²) < 4.78 is 5.51. The van der Waals surface area contributed by atoms with Gasteiger partial charge in [-0.05, 0) is 30.7 Å². The molecule has 0 N–H and O–H groups in total. The summed E-state index contributed by atoms with van der Waals surface area (Å²) in [5, 5.41) is 1.69. The SMILES string of the molecule is COc1cccc2c(N3CCN(Cc4ccc(Cl)nc4)CC3)cc(C)nc12. The van der Waals surface area contributed by atoms with Crippen LogP contribution in [-0.4, -0.2) is 48.2 Å². The molecular weight excluding hydrogens is 360 g/mol. The maximum Gasteiger partial charge on any atom is 0.145 e. The number of piperazine rings is 1. The number of benzene rings is 1. The van der Waals surface area contributed by atoms with Crippen molar-refractivity contribution >= 4 is 28.2 Å². The maximum atomic E-state index is 5.88. The van der Waals surface area contributed by atoms with Gasteiger partial charge in [-0.3, -0.25) is 4.90 Å². The number of aromatic nitrogens is 2. The molecule has 1 aromatic carbocycles. The fourth-order valence-electron chi connectivity index (χ4n) is 3.66. The zero-order chi connectivity index (χ0) is 18.8. The smallest absolute Gasteiger partial charge is 0.145 e. The molecule has 6 heteroatoms. The third kappa shape index (κ3) is 3.84. The number of fused-ring (bicyclic) bond motifs is 1. The number of methoxy groups -OCH3 is 1. The van der Waals surface area contributed by atoms with Gasteiger partial charge < -0.3 is 9.64 Å². The van der Waals surface area contributed by atoms with E-state index in [9.17, 15) is 0 Å².